The van der Waals surface area contributed by atoms with Crippen molar-refractivity contribution in [3.63, 3.8) is 0 Å². The topological polar surface area (TPSA) is 81.1 Å². The molecule has 0 aromatic carbocycles. The number of carbonyl (C=O) groups is 2. The molecule has 2 amide bonds. The minimum Gasteiger partial charge on any atom is -0.480 e. The highest BCUT2D eigenvalue weighted by Crippen LogP contribution is 2.32. The molecule has 2 fully saturated rings. The van der Waals surface area contributed by atoms with Crippen LogP contribution in [0.1, 0.15) is 19.3 Å². The highest BCUT2D eigenvalue weighted by Gasteiger charge is 2.46. The van der Waals surface area contributed by atoms with Gasteiger partial charge in [0.25, 0.3) is 0 Å². The molecule has 0 radical (unpaired) electrons. The van der Waals surface area contributed by atoms with E-state index >= 15 is 0 Å². The Kier molecular flexibility index (Phi) is 3.81. The lowest BCUT2D eigenvalue weighted by Crippen LogP contribution is -2.51. The first kappa shape index (κ1) is 14.9. The van der Waals surface area contributed by atoms with Crippen LogP contribution >= 0.6 is 0 Å². The van der Waals surface area contributed by atoms with Gasteiger partial charge in [-0.25, -0.2) is 9.59 Å². The molecule has 6 nitrogen and oxygen atoms in total. The minimum absolute atomic E-state index is 0.161. The third kappa shape index (κ3) is 3.33. The number of rotatable bonds is 3. The van der Waals surface area contributed by atoms with Crippen molar-refractivity contribution in [2.45, 2.75) is 43.6 Å². The van der Waals surface area contributed by atoms with Gasteiger partial charge in [0.15, 0.2) is 0 Å². The maximum atomic E-state index is 12.5. The molecule has 20 heavy (non-hydrogen) atoms. The van der Waals surface area contributed by atoms with Crippen LogP contribution in [0.25, 0.3) is 0 Å². The number of likely N-dealkylation sites (tertiary alicyclic amines) is 1. The quantitative estimate of drug-likeness (QED) is 0.801. The first-order valence-electron chi connectivity index (χ1n) is 6.24. The number of aliphatic hydroxyl groups excluding tert-OH is 1. The maximum absolute atomic E-state index is 12.5. The minimum atomic E-state index is -4.53. The van der Waals surface area contributed by atoms with Gasteiger partial charge in [0.05, 0.1) is 6.10 Å². The average molecular weight is 296 g/mol. The highest BCUT2D eigenvalue weighted by atomic mass is 19.4. The monoisotopic (exact) mass is 296 g/mol. The van der Waals surface area contributed by atoms with E-state index in [1.165, 1.54) is 0 Å². The third-order valence-corrected chi connectivity index (χ3v) is 3.39. The molecule has 0 bridgehead atoms. The molecule has 0 aromatic rings. The van der Waals surface area contributed by atoms with Crippen molar-refractivity contribution in [2.75, 3.05) is 13.1 Å². The van der Waals surface area contributed by atoms with E-state index in [0.29, 0.717) is 17.7 Å². The molecular weight excluding hydrogens is 281 g/mol. The van der Waals surface area contributed by atoms with E-state index in [1.807, 2.05) is 0 Å². The van der Waals surface area contributed by atoms with Crippen molar-refractivity contribution >= 4 is 12.0 Å². The van der Waals surface area contributed by atoms with Crippen molar-refractivity contribution in [3.8, 4) is 0 Å². The lowest BCUT2D eigenvalue weighted by atomic mass is 10.2. The molecule has 2 rings (SSSR count). The second kappa shape index (κ2) is 5.12. The SMILES string of the molecule is O=C(O)[C@@H]1C[C@H](O)CN1C(=O)N(CC(F)(F)F)C1CC1. The molecule has 1 saturated heterocycles. The van der Waals surface area contributed by atoms with Crippen molar-refractivity contribution in [3.05, 3.63) is 0 Å². The molecule has 1 heterocycles. The number of β-amino-alcohol motifs (C(OH)–C–C–N with tert-alkyl or cyclic N) is 1. The molecule has 2 aliphatic rings. The normalized spacial score (nSPS) is 26.7. The molecule has 1 aliphatic carbocycles. The van der Waals surface area contributed by atoms with E-state index in [4.69, 9.17) is 5.11 Å². The van der Waals surface area contributed by atoms with E-state index in [1.54, 1.807) is 0 Å². The Morgan fingerprint density at radius 1 is 1.30 bits per heavy atom. The number of urea groups is 1. The van der Waals surface area contributed by atoms with Gasteiger partial charge >= 0.3 is 18.2 Å². The summed E-state index contributed by atoms with van der Waals surface area (Å²) in [6.07, 6.45) is -4.75. The van der Waals surface area contributed by atoms with Crippen molar-refractivity contribution in [1.82, 2.24) is 9.80 Å². The van der Waals surface area contributed by atoms with Crippen molar-refractivity contribution in [1.29, 1.82) is 0 Å². The van der Waals surface area contributed by atoms with Crippen LogP contribution in [0, 0.1) is 0 Å². The number of alkyl halides is 3. The number of hydrogen-bond acceptors (Lipinski definition) is 3. The first-order chi connectivity index (χ1) is 9.19. The van der Waals surface area contributed by atoms with Gasteiger partial charge in [-0.15, -0.1) is 0 Å². The largest absolute Gasteiger partial charge is 0.480 e. The van der Waals surface area contributed by atoms with Gasteiger partial charge in [0.2, 0.25) is 0 Å². The lowest BCUT2D eigenvalue weighted by molar-refractivity contribution is -0.144. The number of aliphatic hydroxyl groups is 1. The number of carboxylic acids is 1. The predicted octanol–water partition coefficient (Wildman–Crippen LogP) is 0.653. The van der Waals surface area contributed by atoms with Crippen LogP contribution in [0.5, 0.6) is 0 Å². The fraction of sp³-hybridized carbons (Fsp3) is 0.818. The maximum Gasteiger partial charge on any atom is 0.406 e. The number of carbonyl (C=O) groups excluding carboxylic acids is 1. The summed E-state index contributed by atoms with van der Waals surface area (Å²) >= 11 is 0. The zero-order valence-corrected chi connectivity index (χ0v) is 10.5. The molecule has 2 atom stereocenters. The van der Waals surface area contributed by atoms with Gasteiger partial charge in [-0.2, -0.15) is 13.2 Å². The summed E-state index contributed by atoms with van der Waals surface area (Å²) < 4.78 is 37.5. The van der Waals surface area contributed by atoms with Crippen LogP contribution in [0.3, 0.4) is 0 Å². The second-order valence-corrected chi connectivity index (χ2v) is 5.15. The number of aliphatic carboxylic acids is 1. The zero-order chi connectivity index (χ0) is 15.1. The van der Waals surface area contributed by atoms with Gasteiger partial charge in [-0.3, -0.25) is 0 Å². The van der Waals surface area contributed by atoms with Crippen LogP contribution in [0.4, 0.5) is 18.0 Å². The summed E-state index contributed by atoms with van der Waals surface area (Å²) in [4.78, 5) is 24.6. The molecule has 0 spiro atoms. The lowest BCUT2D eigenvalue weighted by Gasteiger charge is -2.30. The fourth-order valence-corrected chi connectivity index (χ4v) is 2.36. The predicted molar refractivity (Wildman–Crippen MR) is 59.9 cm³/mol. The molecule has 1 saturated carbocycles. The van der Waals surface area contributed by atoms with E-state index < -0.39 is 42.9 Å². The zero-order valence-electron chi connectivity index (χ0n) is 10.5. The number of nitrogens with zero attached hydrogens (tertiary/aromatic N) is 2. The van der Waals surface area contributed by atoms with E-state index in [0.717, 1.165) is 4.90 Å². The first-order valence-corrected chi connectivity index (χ1v) is 6.24. The van der Waals surface area contributed by atoms with Crippen LogP contribution < -0.4 is 0 Å². The van der Waals surface area contributed by atoms with Crippen LogP contribution in [-0.4, -0.2) is 69.5 Å². The Morgan fingerprint density at radius 2 is 1.90 bits per heavy atom. The molecule has 0 aromatic heterocycles. The van der Waals surface area contributed by atoms with Crippen molar-refractivity contribution in [2.24, 2.45) is 0 Å². The number of carboxylic acid groups (broad SMARTS) is 1. The Balaban J connectivity index is 2.12. The van der Waals surface area contributed by atoms with Crippen LogP contribution in [0.15, 0.2) is 0 Å². The van der Waals surface area contributed by atoms with E-state index in [-0.39, 0.29) is 13.0 Å². The standard InChI is InChI=1S/C11H15F3N2O4/c12-11(13,14)5-16(6-1-2-6)10(20)15-4-7(17)3-8(15)9(18)19/h6-8,17H,1-5H2,(H,18,19)/t7-,8-/m0/s1. The summed E-state index contributed by atoms with van der Waals surface area (Å²) in [5.74, 6) is -1.32. The molecular formula is C11H15F3N2O4. The molecule has 114 valence electrons. The van der Waals surface area contributed by atoms with Crippen LogP contribution in [0.2, 0.25) is 0 Å². The van der Waals surface area contributed by atoms with Crippen molar-refractivity contribution < 1.29 is 33.0 Å². The Bertz CT molecular complexity index is 411. The summed E-state index contributed by atoms with van der Waals surface area (Å²) in [5, 5.41) is 18.4. The molecule has 1 aliphatic heterocycles. The van der Waals surface area contributed by atoms with Crippen LogP contribution in [-0.2, 0) is 4.79 Å². The van der Waals surface area contributed by atoms with Gasteiger partial charge in [0.1, 0.15) is 12.6 Å². The average Bonchev–Trinajstić information content (AvgIpc) is 3.06. The fourth-order valence-electron chi connectivity index (χ4n) is 2.36. The third-order valence-electron chi connectivity index (χ3n) is 3.39. The summed E-state index contributed by atoms with van der Waals surface area (Å²) in [5.41, 5.74) is 0. The number of halogens is 3. The molecule has 2 N–H and O–H groups in total. The second-order valence-electron chi connectivity index (χ2n) is 5.15. The Hall–Kier alpha value is -1.51. The molecule has 9 heteroatoms. The number of amides is 2. The summed E-state index contributed by atoms with van der Waals surface area (Å²) in [6, 6.07) is -2.72. The highest BCUT2D eigenvalue weighted by molar-refractivity contribution is 5.84. The Labute approximate surface area is 112 Å². The smallest absolute Gasteiger partial charge is 0.406 e. The van der Waals surface area contributed by atoms with Gasteiger partial charge in [0, 0.05) is 19.0 Å². The summed E-state index contributed by atoms with van der Waals surface area (Å²) in [6.45, 7) is -1.65. The summed E-state index contributed by atoms with van der Waals surface area (Å²) in [7, 11) is 0. The van der Waals surface area contributed by atoms with E-state index in [9.17, 15) is 27.9 Å². The van der Waals surface area contributed by atoms with Gasteiger partial charge in [-0.1, -0.05) is 0 Å². The van der Waals surface area contributed by atoms with E-state index in [2.05, 4.69) is 0 Å². The van der Waals surface area contributed by atoms with Gasteiger partial charge in [-0.05, 0) is 12.8 Å². The molecule has 0 unspecified atom stereocenters. The number of hydrogen-bond donors (Lipinski definition) is 2. The van der Waals surface area contributed by atoms with Gasteiger partial charge < -0.3 is 20.0 Å². The Morgan fingerprint density at radius 3 is 2.35 bits per heavy atom.